The molecule has 2 rings (SSSR count). The van der Waals surface area contributed by atoms with Crippen LogP contribution in [0, 0.1) is 0 Å². The van der Waals surface area contributed by atoms with E-state index >= 15 is 0 Å². The Hall–Kier alpha value is -1.42. The van der Waals surface area contributed by atoms with Gasteiger partial charge in [-0.1, -0.05) is 6.07 Å². The lowest BCUT2D eigenvalue weighted by Crippen LogP contribution is -2.25. The molecule has 0 aliphatic carbocycles. The highest BCUT2D eigenvalue weighted by molar-refractivity contribution is 5.54. The van der Waals surface area contributed by atoms with Crippen molar-refractivity contribution in [3.8, 4) is 11.5 Å². The Kier molecular flexibility index (Phi) is 4.09. The third kappa shape index (κ3) is 3.27. The molecule has 1 saturated heterocycles. The van der Waals surface area contributed by atoms with Gasteiger partial charge in [0, 0.05) is 6.54 Å². The summed E-state index contributed by atoms with van der Waals surface area (Å²) in [6.07, 6.45) is 2.60. The van der Waals surface area contributed by atoms with Crippen molar-refractivity contribution in [3.05, 3.63) is 23.9 Å². The molecular weight excluding hydrogens is 216 g/mol. The molecule has 0 amide bonds. The summed E-state index contributed by atoms with van der Waals surface area (Å²) in [6.45, 7) is 4.01. The van der Waals surface area contributed by atoms with Gasteiger partial charge in [-0.15, -0.1) is 5.69 Å². The molecule has 1 heterocycles. The number of hydrogen-bond donors (Lipinski definition) is 0. The predicted octanol–water partition coefficient (Wildman–Crippen LogP) is 2.85. The smallest absolute Gasteiger partial charge is 0.161 e. The van der Waals surface area contributed by atoms with Gasteiger partial charge in [0.25, 0.3) is 0 Å². The molecule has 0 saturated carbocycles. The summed E-state index contributed by atoms with van der Waals surface area (Å²) in [5, 5.41) is 0. The molecule has 0 atom stereocenters. The lowest BCUT2D eigenvalue weighted by atomic mass is 10.3. The summed E-state index contributed by atoms with van der Waals surface area (Å²) in [4.78, 5) is 2.41. The number of nitrogens with one attached hydrogen (secondary N) is 1. The minimum absolute atomic E-state index is 0.439. The van der Waals surface area contributed by atoms with Gasteiger partial charge in [0.1, 0.15) is 6.61 Å². The summed E-state index contributed by atoms with van der Waals surface area (Å²) in [7, 11) is 1.60. The SMILES string of the molecule is COc1cc([NH-])ccc1OCCN1CCCC1. The first-order valence-corrected chi connectivity index (χ1v) is 6.04. The van der Waals surface area contributed by atoms with Crippen LogP contribution in [-0.4, -0.2) is 38.3 Å². The van der Waals surface area contributed by atoms with E-state index in [9.17, 15) is 0 Å². The second-order valence-corrected chi connectivity index (χ2v) is 4.26. The van der Waals surface area contributed by atoms with E-state index in [1.165, 1.54) is 25.9 Å². The first-order chi connectivity index (χ1) is 8.29. The summed E-state index contributed by atoms with van der Waals surface area (Å²) < 4.78 is 10.9. The summed E-state index contributed by atoms with van der Waals surface area (Å²) >= 11 is 0. The second-order valence-electron chi connectivity index (χ2n) is 4.26. The van der Waals surface area contributed by atoms with Gasteiger partial charge in [0.2, 0.25) is 0 Å². The van der Waals surface area contributed by atoms with Crippen molar-refractivity contribution < 1.29 is 9.47 Å². The van der Waals surface area contributed by atoms with Crippen LogP contribution >= 0.6 is 0 Å². The van der Waals surface area contributed by atoms with E-state index in [1.54, 1.807) is 25.3 Å². The van der Waals surface area contributed by atoms with Gasteiger partial charge in [0.05, 0.1) is 7.11 Å². The highest BCUT2D eigenvalue weighted by Crippen LogP contribution is 2.30. The number of nitrogens with zero attached hydrogens (tertiary/aromatic N) is 1. The maximum atomic E-state index is 7.51. The van der Waals surface area contributed by atoms with Crippen molar-refractivity contribution in [2.45, 2.75) is 12.8 Å². The van der Waals surface area contributed by atoms with E-state index < -0.39 is 0 Å². The molecule has 0 radical (unpaired) electrons. The fraction of sp³-hybridized carbons (Fsp3) is 0.538. The van der Waals surface area contributed by atoms with Gasteiger partial charge in [-0.3, -0.25) is 4.90 Å². The quantitative estimate of drug-likeness (QED) is 0.788. The highest BCUT2D eigenvalue weighted by atomic mass is 16.5. The third-order valence-corrected chi connectivity index (χ3v) is 3.03. The van der Waals surface area contributed by atoms with Crippen LogP contribution in [0.2, 0.25) is 0 Å². The summed E-state index contributed by atoms with van der Waals surface area (Å²) in [6, 6.07) is 5.18. The van der Waals surface area contributed by atoms with Crippen molar-refractivity contribution in [2.75, 3.05) is 33.4 Å². The van der Waals surface area contributed by atoms with E-state index in [1.807, 2.05) is 0 Å². The Balaban J connectivity index is 1.85. The van der Waals surface area contributed by atoms with Gasteiger partial charge < -0.3 is 15.2 Å². The van der Waals surface area contributed by atoms with Crippen molar-refractivity contribution in [3.63, 3.8) is 0 Å². The molecule has 94 valence electrons. The van der Waals surface area contributed by atoms with Crippen LogP contribution in [0.15, 0.2) is 18.2 Å². The second kappa shape index (κ2) is 5.77. The Morgan fingerprint density at radius 2 is 2.00 bits per heavy atom. The average Bonchev–Trinajstić information content (AvgIpc) is 2.84. The van der Waals surface area contributed by atoms with Crippen LogP contribution in [0.4, 0.5) is 5.69 Å². The first kappa shape index (κ1) is 12.0. The standard InChI is InChI=1S/C13H19N2O2/c1-16-13-10-11(14)4-5-12(13)17-9-8-15-6-2-3-7-15/h4-5,10,14H,2-3,6-9H2,1H3/q-1. The Labute approximate surface area is 102 Å². The molecule has 4 nitrogen and oxygen atoms in total. The summed E-state index contributed by atoms with van der Waals surface area (Å²) in [5.41, 5.74) is 7.94. The lowest BCUT2D eigenvalue weighted by Gasteiger charge is -2.17. The highest BCUT2D eigenvalue weighted by Gasteiger charge is 2.11. The Morgan fingerprint density at radius 3 is 2.71 bits per heavy atom. The molecule has 1 aromatic rings. The molecule has 0 spiro atoms. The fourth-order valence-electron chi connectivity index (χ4n) is 2.08. The predicted molar refractivity (Wildman–Crippen MR) is 68.1 cm³/mol. The topological polar surface area (TPSA) is 45.5 Å². The molecule has 4 heteroatoms. The van der Waals surface area contributed by atoms with Crippen molar-refractivity contribution in [2.24, 2.45) is 0 Å². The molecule has 1 N–H and O–H groups in total. The van der Waals surface area contributed by atoms with Crippen LogP contribution in [0.5, 0.6) is 11.5 Å². The van der Waals surface area contributed by atoms with E-state index in [4.69, 9.17) is 15.2 Å². The number of benzene rings is 1. The van der Waals surface area contributed by atoms with Gasteiger partial charge in [-0.25, -0.2) is 0 Å². The minimum Gasteiger partial charge on any atom is -0.699 e. The van der Waals surface area contributed by atoms with Crippen LogP contribution in [0.25, 0.3) is 5.73 Å². The molecular formula is C13H19N2O2-. The van der Waals surface area contributed by atoms with E-state index in [0.29, 0.717) is 18.0 Å². The molecule has 1 aliphatic heterocycles. The van der Waals surface area contributed by atoms with Crippen molar-refractivity contribution in [1.29, 1.82) is 0 Å². The van der Waals surface area contributed by atoms with Crippen LogP contribution < -0.4 is 9.47 Å². The zero-order valence-electron chi connectivity index (χ0n) is 10.2. The van der Waals surface area contributed by atoms with Crippen LogP contribution in [-0.2, 0) is 0 Å². The zero-order valence-corrected chi connectivity index (χ0v) is 10.2. The molecule has 1 fully saturated rings. The Morgan fingerprint density at radius 1 is 1.24 bits per heavy atom. The monoisotopic (exact) mass is 235 g/mol. The lowest BCUT2D eigenvalue weighted by molar-refractivity contribution is 0.230. The first-order valence-electron chi connectivity index (χ1n) is 6.04. The number of methoxy groups -OCH3 is 1. The maximum Gasteiger partial charge on any atom is 0.161 e. The number of likely N-dealkylation sites (tertiary alicyclic amines) is 1. The number of hydrogen-bond acceptors (Lipinski definition) is 3. The maximum absolute atomic E-state index is 7.51. The molecule has 0 unspecified atom stereocenters. The molecule has 1 aliphatic rings. The Bertz CT molecular complexity index is 362. The van der Waals surface area contributed by atoms with E-state index in [2.05, 4.69) is 4.90 Å². The van der Waals surface area contributed by atoms with E-state index in [0.717, 1.165) is 12.3 Å². The summed E-state index contributed by atoms with van der Waals surface area (Å²) in [5.74, 6) is 1.36. The molecule has 1 aromatic carbocycles. The van der Waals surface area contributed by atoms with Gasteiger partial charge in [0.15, 0.2) is 11.5 Å². The number of ether oxygens (including phenoxy) is 2. The average molecular weight is 235 g/mol. The van der Waals surface area contributed by atoms with Gasteiger partial charge in [-0.05, 0) is 38.1 Å². The molecule has 0 aromatic heterocycles. The van der Waals surface area contributed by atoms with Crippen LogP contribution in [0.3, 0.4) is 0 Å². The third-order valence-electron chi connectivity index (χ3n) is 3.03. The van der Waals surface area contributed by atoms with Crippen molar-refractivity contribution in [1.82, 2.24) is 4.90 Å². The molecule has 17 heavy (non-hydrogen) atoms. The normalized spacial score (nSPS) is 16.1. The van der Waals surface area contributed by atoms with E-state index in [-0.39, 0.29) is 0 Å². The number of rotatable bonds is 5. The van der Waals surface area contributed by atoms with Crippen LogP contribution in [0.1, 0.15) is 12.8 Å². The van der Waals surface area contributed by atoms with Gasteiger partial charge in [-0.2, -0.15) is 0 Å². The largest absolute Gasteiger partial charge is 0.699 e. The van der Waals surface area contributed by atoms with Crippen molar-refractivity contribution >= 4 is 5.69 Å². The zero-order chi connectivity index (χ0) is 12.1. The minimum atomic E-state index is 0.439. The van der Waals surface area contributed by atoms with Gasteiger partial charge >= 0.3 is 0 Å². The fourth-order valence-corrected chi connectivity index (χ4v) is 2.08. The molecule has 0 bridgehead atoms.